The van der Waals surface area contributed by atoms with Gasteiger partial charge < -0.3 is 10.6 Å². The molecule has 132 valence electrons. The quantitative estimate of drug-likeness (QED) is 0.570. The molecule has 1 saturated heterocycles. The normalized spacial score (nSPS) is 15.3. The second-order valence-corrected chi connectivity index (χ2v) is 6.84. The maximum absolute atomic E-state index is 12.4. The Morgan fingerprint density at radius 3 is 2.62 bits per heavy atom. The van der Waals surface area contributed by atoms with E-state index in [9.17, 15) is 14.4 Å². The van der Waals surface area contributed by atoms with Crippen molar-refractivity contribution < 1.29 is 14.4 Å². The fourth-order valence-electron chi connectivity index (χ4n) is 2.36. The van der Waals surface area contributed by atoms with Gasteiger partial charge in [-0.15, -0.1) is 0 Å². The van der Waals surface area contributed by atoms with Crippen molar-refractivity contribution in [1.29, 1.82) is 0 Å². The Morgan fingerprint density at radius 1 is 1.19 bits per heavy atom. The van der Waals surface area contributed by atoms with Gasteiger partial charge in [0.05, 0.1) is 0 Å². The monoisotopic (exact) mass is 433 g/mol. The fraction of sp³-hybridized carbons (Fsp3) is 0.0556. The Balaban J connectivity index is 1.69. The highest BCUT2D eigenvalue weighted by Crippen LogP contribution is 2.18. The van der Waals surface area contributed by atoms with Crippen molar-refractivity contribution >= 4 is 57.1 Å². The molecule has 0 bridgehead atoms. The van der Waals surface area contributed by atoms with Crippen LogP contribution < -0.4 is 10.6 Å². The van der Waals surface area contributed by atoms with Gasteiger partial charge in [-0.25, -0.2) is 9.69 Å². The smallest absolute Gasteiger partial charge is 0.325 e. The van der Waals surface area contributed by atoms with Crippen LogP contribution >= 0.6 is 27.5 Å². The third-order valence-electron chi connectivity index (χ3n) is 3.55. The first-order valence-electron chi connectivity index (χ1n) is 7.58. The molecule has 0 saturated carbocycles. The molecule has 2 aromatic rings. The molecule has 4 amide bonds. The average molecular weight is 435 g/mol. The standard InChI is InChI=1S/C18H13BrClN3O3/c19-12-3-1-2-11(8-12)9-15-17(25)23(18(26)22-15)10-16(24)21-14-6-4-13(20)5-7-14/h1-9H,10H2,(H,21,24)(H,22,26)/b15-9-. The third-order valence-corrected chi connectivity index (χ3v) is 4.30. The molecule has 0 atom stereocenters. The number of nitrogens with one attached hydrogen (secondary N) is 2. The molecule has 1 fully saturated rings. The van der Waals surface area contributed by atoms with Crippen LogP contribution in [0.3, 0.4) is 0 Å². The summed E-state index contributed by atoms with van der Waals surface area (Å²) in [4.78, 5) is 37.4. The Kier molecular flexibility index (Phi) is 5.39. The van der Waals surface area contributed by atoms with Crippen molar-refractivity contribution in [2.24, 2.45) is 0 Å². The second kappa shape index (κ2) is 7.72. The maximum Gasteiger partial charge on any atom is 0.329 e. The molecule has 6 nitrogen and oxygen atoms in total. The summed E-state index contributed by atoms with van der Waals surface area (Å²) in [5.74, 6) is -1.04. The third kappa shape index (κ3) is 4.30. The van der Waals surface area contributed by atoms with Crippen molar-refractivity contribution in [3.63, 3.8) is 0 Å². The molecule has 1 aliphatic heterocycles. The summed E-state index contributed by atoms with van der Waals surface area (Å²) in [5.41, 5.74) is 1.39. The van der Waals surface area contributed by atoms with Crippen LogP contribution in [0.5, 0.6) is 0 Å². The van der Waals surface area contributed by atoms with Gasteiger partial charge in [-0.05, 0) is 48.0 Å². The van der Waals surface area contributed by atoms with E-state index < -0.39 is 17.8 Å². The molecule has 2 aromatic carbocycles. The molecule has 0 aromatic heterocycles. The first-order chi connectivity index (χ1) is 12.4. The summed E-state index contributed by atoms with van der Waals surface area (Å²) in [5, 5.41) is 5.64. The summed E-state index contributed by atoms with van der Waals surface area (Å²) in [6, 6.07) is 13.2. The van der Waals surface area contributed by atoms with Crippen molar-refractivity contribution in [2.75, 3.05) is 11.9 Å². The van der Waals surface area contributed by atoms with Crippen LogP contribution in [0.25, 0.3) is 6.08 Å². The Hall–Kier alpha value is -2.64. The lowest BCUT2D eigenvalue weighted by molar-refractivity contribution is -0.127. The highest BCUT2D eigenvalue weighted by Gasteiger charge is 2.34. The molecule has 0 radical (unpaired) electrons. The predicted molar refractivity (Wildman–Crippen MR) is 102 cm³/mol. The van der Waals surface area contributed by atoms with Crippen LogP contribution in [0.4, 0.5) is 10.5 Å². The Morgan fingerprint density at radius 2 is 1.92 bits per heavy atom. The van der Waals surface area contributed by atoms with E-state index in [4.69, 9.17) is 11.6 Å². The zero-order valence-electron chi connectivity index (χ0n) is 13.3. The zero-order chi connectivity index (χ0) is 18.7. The van der Waals surface area contributed by atoms with E-state index in [0.29, 0.717) is 10.7 Å². The van der Waals surface area contributed by atoms with E-state index >= 15 is 0 Å². The minimum Gasteiger partial charge on any atom is -0.325 e. The average Bonchev–Trinajstić information content (AvgIpc) is 2.84. The minimum atomic E-state index is -0.637. The lowest BCUT2D eigenvalue weighted by atomic mass is 10.2. The lowest BCUT2D eigenvalue weighted by Gasteiger charge is -2.12. The van der Waals surface area contributed by atoms with Gasteiger partial charge in [0.1, 0.15) is 12.2 Å². The zero-order valence-corrected chi connectivity index (χ0v) is 15.7. The molecule has 1 heterocycles. The molecule has 1 aliphatic rings. The van der Waals surface area contributed by atoms with E-state index in [-0.39, 0.29) is 12.2 Å². The minimum absolute atomic E-state index is 0.118. The lowest BCUT2D eigenvalue weighted by Crippen LogP contribution is -2.38. The van der Waals surface area contributed by atoms with Gasteiger partial charge in [-0.1, -0.05) is 39.7 Å². The summed E-state index contributed by atoms with van der Waals surface area (Å²) >= 11 is 9.13. The van der Waals surface area contributed by atoms with Gasteiger partial charge in [0.15, 0.2) is 0 Å². The largest absolute Gasteiger partial charge is 0.329 e. The maximum atomic E-state index is 12.4. The summed E-state index contributed by atoms with van der Waals surface area (Å²) < 4.78 is 0.850. The Bertz CT molecular complexity index is 912. The summed E-state index contributed by atoms with van der Waals surface area (Å²) in [6.07, 6.45) is 1.56. The van der Waals surface area contributed by atoms with E-state index in [1.807, 2.05) is 18.2 Å². The van der Waals surface area contributed by atoms with Crippen molar-refractivity contribution in [3.05, 3.63) is 69.3 Å². The molecule has 0 spiro atoms. The van der Waals surface area contributed by atoms with Gasteiger partial charge in [0.25, 0.3) is 5.91 Å². The number of hydrogen-bond donors (Lipinski definition) is 2. The first kappa shape index (κ1) is 18.2. The topological polar surface area (TPSA) is 78.5 Å². The van der Waals surface area contributed by atoms with Gasteiger partial charge in [-0.3, -0.25) is 9.59 Å². The van der Waals surface area contributed by atoms with Crippen molar-refractivity contribution in [2.45, 2.75) is 0 Å². The van der Waals surface area contributed by atoms with Gasteiger partial charge in [0.2, 0.25) is 5.91 Å². The van der Waals surface area contributed by atoms with Crippen LogP contribution in [0.1, 0.15) is 5.56 Å². The number of halogens is 2. The first-order valence-corrected chi connectivity index (χ1v) is 8.75. The molecule has 3 rings (SSSR count). The van der Waals surface area contributed by atoms with Crippen LogP contribution in [-0.2, 0) is 9.59 Å². The number of imide groups is 1. The van der Waals surface area contributed by atoms with Gasteiger partial charge >= 0.3 is 6.03 Å². The van der Waals surface area contributed by atoms with Crippen LogP contribution in [0, 0.1) is 0 Å². The number of rotatable bonds is 4. The number of amides is 4. The SMILES string of the molecule is O=C(CN1C(=O)N/C(=C\c2cccc(Br)c2)C1=O)Nc1ccc(Cl)cc1. The number of hydrogen-bond acceptors (Lipinski definition) is 3. The Labute approximate surface area is 162 Å². The van der Waals surface area contributed by atoms with Crippen LogP contribution in [-0.4, -0.2) is 29.3 Å². The van der Waals surface area contributed by atoms with Gasteiger partial charge in [-0.2, -0.15) is 0 Å². The van der Waals surface area contributed by atoms with E-state index in [2.05, 4.69) is 26.6 Å². The molecule has 0 aliphatic carbocycles. The van der Waals surface area contributed by atoms with Gasteiger partial charge in [0, 0.05) is 15.2 Å². The fourth-order valence-corrected chi connectivity index (χ4v) is 2.90. The second-order valence-electron chi connectivity index (χ2n) is 5.49. The number of nitrogens with zero attached hydrogens (tertiary/aromatic N) is 1. The predicted octanol–water partition coefficient (Wildman–Crippen LogP) is 3.63. The van der Waals surface area contributed by atoms with E-state index in [1.54, 1.807) is 36.4 Å². The molecule has 26 heavy (non-hydrogen) atoms. The summed E-state index contributed by atoms with van der Waals surface area (Å²) in [7, 11) is 0. The highest BCUT2D eigenvalue weighted by molar-refractivity contribution is 9.10. The molecule has 8 heteroatoms. The number of benzene rings is 2. The van der Waals surface area contributed by atoms with Crippen molar-refractivity contribution in [1.82, 2.24) is 10.2 Å². The highest BCUT2D eigenvalue weighted by atomic mass is 79.9. The van der Waals surface area contributed by atoms with Crippen molar-refractivity contribution in [3.8, 4) is 0 Å². The molecule has 2 N–H and O–H groups in total. The summed E-state index contributed by atoms with van der Waals surface area (Å²) in [6.45, 7) is -0.386. The van der Waals surface area contributed by atoms with Crippen LogP contribution in [0.15, 0.2) is 58.7 Å². The van der Waals surface area contributed by atoms with Crippen LogP contribution in [0.2, 0.25) is 5.02 Å². The number of anilines is 1. The molecule has 0 unspecified atom stereocenters. The number of urea groups is 1. The van der Waals surface area contributed by atoms with E-state index in [0.717, 1.165) is 14.9 Å². The molecular formula is C18H13BrClN3O3. The molecular weight excluding hydrogens is 422 g/mol. The number of carbonyl (C=O) groups is 3. The van der Waals surface area contributed by atoms with E-state index in [1.165, 1.54) is 0 Å². The number of carbonyl (C=O) groups excluding carboxylic acids is 3.